The second kappa shape index (κ2) is 7.91. The number of hydrogen-bond acceptors (Lipinski definition) is 1. The molecule has 0 amide bonds. The van der Waals surface area contributed by atoms with Crippen molar-refractivity contribution in [2.45, 2.75) is 20.0 Å². The van der Waals surface area contributed by atoms with Gasteiger partial charge >= 0.3 is 23.1 Å². The van der Waals surface area contributed by atoms with E-state index >= 15 is 0 Å². The van der Waals surface area contributed by atoms with Gasteiger partial charge in [0.25, 0.3) is 0 Å². The molecule has 1 aromatic rings. The molecule has 0 bridgehead atoms. The van der Waals surface area contributed by atoms with Gasteiger partial charge in [0.2, 0.25) is 0 Å². The molecule has 0 N–H and O–H groups in total. The van der Waals surface area contributed by atoms with Crippen LogP contribution in [0, 0.1) is 6.07 Å². The average Bonchev–Trinajstić information content (AvgIpc) is 1.93. The van der Waals surface area contributed by atoms with E-state index in [0.717, 1.165) is 5.75 Å². The Hall–Kier alpha value is 0.556. The molecule has 0 heterocycles. The van der Waals surface area contributed by atoms with Crippen molar-refractivity contribution in [3.63, 3.8) is 0 Å². The third kappa shape index (κ3) is 5.78. The van der Waals surface area contributed by atoms with Crippen LogP contribution in [-0.2, 0) is 0 Å². The van der Waals surface area contributed by atoms with Crippen molar-refractivity contribution in [3.8, 4) is 5.75 Å². The molecule has 1 nitrogen and oxygen atoms in total. The molecule has 0 aliphatic heterocycles. The Labute approximate surface area is 111 Å². The minimum Gasteiger partial charge on any atom is -1.00 e. The summed E-state index contributed by atoms with van der Waals surface area (Å²) >= 11 is 5.81. The molecule has 1 rings (SSSR count). The van der Waals surface area contributed by atoms with Crippen LogP contribution in [0.2, 0.25) is 5.02 Å². The summed E-state index contributed by atoms with van der Waals surface area (Å²) in [6, 6.07) is 8.15. The van der Waals surface area contributed by atoms with Crippen LogP contribution in [0.1, 0.15) is 13.8 Å². The van der Waals surface area contributed by atoms with Crippen LogP contribution < -0.4 is 21.7 Å². The van der Waals surface area contributed by atoms with Gasteiger partial charge in [-0.25, -0.2) is 0 Å². The average molecular weight is 274 g/mol. The van der Waals surface area contributed by atoms with Crippen molar-refractivity contribution in [2.24, 2.45) is 0 Å². The number of halogens is 2. The van der Waals surface area contributed by atoms with Crippen LogP contribution in [0.15, 0.2) is 18.2 Å². The number of benzene rings is 1. The molecule has 13 heavy (non-hydrogen) atoms. The van der Waals surface area contributed by atoms with E-state index in [1.54, 1.807) is 12.1 Å². The molecule has 0 atom stereocenters. The maximum atomic E-state index is 5.81. The normalized spacial score (nSPS) is 8.62. The monoisotopic (exact) mass is 272 g/mol. The van der Waals surface area contributed by atoms with E-state index in [1.807, 2.05) is 19.9 Å². The molecular weight excluding hydrogens is 264 g/mol. The maximum Gasteiger partial charge on any atom is 2.00 e. The molecule has 0 saturated heterocycles. The number of ether oxygens (including phenoxy) is 1. The summed E-state index contributed by atoms with van der Waals surface area (Å²) in [7, 11) is 0. The van der Waals surface area contributed by atoms with Gasteiger partial charge in [0.1, 0.15) is 0 Å². The smallest absolute Gasteiger partial charge is 1.00 e. The van der Waals surface area contributed by atoms with Crippen LogP contribution >= 0.6 is 11.6 Å². The van der Waals surface area contributed by atoms with E-state index in [-0.39, 0.29) is 46.1 Å². The maximum absolute atomic E-state index is 5.81. The SMILES string of the molecule is CC(C)Oc1cc[c-]cc1Cl.[Br-].[Mg+2]. The fourth-order valence-electron chi connectivity index (χ4n) is 0.745. The van der Waals surface area contributed by atoms with Crippen molar-refractivity contribution in [1.29, 1.82) is 0 Å². The summed E-state index contributed by atoms with van der Waals surface area (Å²) in [5, 5.41) is 0.612. The standard InChI is InChI=1S/C9H10ClO.BrH.Mg/c1-7(2)11-9-6-4-3-5-8(9)10;;/h4-7H,1-2H3;1H;/q-1;;+2/p-1. The number of hydrogen-bond donors (Lipinski definition) is 0. The van der Waals surface area contributed by atoms with Gasteiger partial charge in [-0.1, -0.05) is 0 Å². The van der Waals surface area contributed by atoms with E-state index in [1.165, 1.54) is 0 Å². The topological polar surface area (TPSA) is 9.23 Å². The van der Waals surface area contributed by atoms with Gasteiger partial charge in [-0.3, -0.25) is 0 Å². The fraction of sp³-hybridized carbons (Fsp3) is 0.333. The van der Waals surface area contributed by atoms with Crippen molar-refractivity contribution in [1.82, 2.24) is 0 Å². The summed E-state index contributed by atoms with van der Waals surface area (Å²) in [4.78, 5) is 0. The first-order valence-electron chi connectivity index (χ1n) is 3.52. The predicted molar refractivity (Wildman–Crippen MR) is 51.8 cm³/mol. The minimum atomic E-state index is 0. The fourth-order valence-corrected chi connectivity index (χ4v) is 0.916. The van der Waals surface area contributed by atoms with Crippen molar-refractivity contribution in [2.75, 3.05) is 0 Å². The molecule has 0 spiro atoms. The van der Waals surface area contributed by atoms with Crippen LogP contribution in [0.3, 0.4) is 0 Å². The molecule has 0 aliphatic rings. The molecule has 0 saturated carbocycles. The number of rotatable bonds is 2. The first-order valence-corrected chi connectivity index (χ1v) is 3.90. The zero-order chi connectivity index (χ0) is 8.27. The Morgan fingerprint density at radius 3 is 2.54 bits per heavy atom. The molecule has 0 fully saturated rings. The van der Waals surface area contributed by atoms with Gasteiger partial charge in [-0.05, 0) is 18.9 Å². The van der Waals surface area contributed by atoms with E-state index in [9.17, 15) is 0 Å². The summed E-state index contributed by atoms with van der Waals surface area (Å²) in [5.41, 5.74) is 0. The van der Waals surface area contributed by atoms with Crippen LogP contribution in [-0.4, -0.2) is 29.2 Å². The molecule has 68 valence electrons. The third-order valence-corrected chi connectivity index (χ3v) is 1.43. The first-order chi connectivity index (χ1) is 5.20. The molecular formula is C9H10BrClMgO. The molecule has 0 aliphatic carbocycles. The summed E-state index contributed by atoms with van der Waals surface area (Å²) in [6.07, 6.45) is 0.162. The molecule has 0 unspecified atom stereocenters. The third-order valence-electron chi connectivity index (χ3n) is 1.14. The van der Waals surface area contributed by atoms with Crippen molar-refractivity contribution >= 4 is 34.7 Å². The van der Waals surface area contributed by atoms with Crippen LogP contribution in [0.25, 0.3) is 0 Å². The Morgan fingerprint density at radius 2 is 2.08 bits per heavy atom. The van der Waals surface area contributed by atoms with Crippen LogP contribution in [0.5, 0.6) is 5.75 Å². The predicted octanol–water partition coefficient (Wildman–Crippen LogP) is -0.449. The van der Waals surface area contributed by atoms with Gasteiger partial charge in [0.15, 0.2) is 0 Å². The van der Waals surface area contributed by atoms with Gasteiger partial charge in [0.05, 0.1) is 6.10 Å². The second-order valence-electron chi connectivity index (χ2n) is 2.52. The van der Waals surface area contributed by atoms with E-state index in [0.29, 0.717) is 5.02 Å². The van der Waals surface area contributed by atoms with Gasteiger partial charge in [0, 0.05) is 5.75 Å². The van der Waals surface area contributed by atoms with E-state index in [4.69, 9.17) is 16.3 Å². The molecule has 0 aromatic heterocycles. The van der Waals surface area contributed by atoms with Gasteiger partial charge in [-0.15, -0.1) is 6.07 Å². The Balaban J connectivity index is 0. The van der Waals surface area contributed by atoms with Gasteiger partial charge in [-0.2, -0.15) is 29.8 Å². The van der Waals surface area contributed by atoms with E-state index < -0.39 is 0 Å². The molecule has 0 radical (unpaired) electrons. The first kappa shape index (κ1) is 16.0. The van der Waals surface area contributed by atoms with Gasteiger partial charge < -0.3 is 21.7 Å². The van der Waals surface area contributed by atoms with Crippen LogP contribution in [0.4, 0.5) is 0 Å². The Bertz CT molecular complexity index is 243. The summed E-state index contributed by atoms with van der Waals surface area (Å²) in [5.74, 6) is 0.723. The van der Waals surface area contributed by atoms with Crippen molar-refractivity contribution < 1.29 is 21.7 Å². The Kier molecular flexibility index (Phi) is 9.74. The second-order valence-corrected chi connectivity index (χ2v) is 2.93. The summed E-state index contributed by atoms with van der Waals surface area (Å²) < 4.78 is 5.39. The van der Waals surface area contributed by atoms with E-state index in [2.05, 4.69) is 6.07 Å². The van der Waals surface area contributed by atoms with Crippen molar-refractivity contribution in [3.05, 3.63) is 29.3 Å². The zero-order valence-corrected chi connectivity index (χ0v) is 11.4. The quantitative estimate of drug-likeness (QED) is 0.524. The largest absolute Gasteiger partial charge is 2.00 e. The Morgan fingerprint density at radius 1 is 1.46 bits per heavy atom. The molecule has 1 aromatic carbocycles. The summed E-state index contributed by atoms with van der Waals surface area (Å²) in [6.45, 7) is 3.93. The molecule has 4 heteroatoms. The zero-order valence-electron chi connectivity index (χ0n) is 7.68. The minimum absolute atomic E-state index is 0.